The number of ether oxygens (including phenoxy) is 2. The molecule has 3 aliphatic rings. The van der Waals surface area contributed by atoms with Gasteiger partial charge in [-0.1, -0.05) is 15.9 Å². The maximum Gasteiger partial charge on any atom is 0.214 e. The lowest BCUT2D eigenvalue weighted by Crippen LogP contribution is -2.55. The maximum atomic E-state index is 5.59. The molecule has 164 valence electrons. The molecule has 0 radical (unpaired) electrons. The van der Waals surface area contributed by atoms with E-state index in [4.69, 9.17) is 9.47 Å². The first-order chi connectivity index (χ1) is 14.0. The molecule has 0 spiro atoms. The number of nitrogens with zero attached hydrogens (tertiary/aromatic N) is 2. The van der Waals surface area contributed by atoms with Crippen LogP contribution in [0.4, 0.5) is 0 Å². The second-order valence-corrected chi connectivity index (χ2v) is 10.00. The van der Waals surface area contributed by atoms with Crippen LogP contribution in [0.5, 0.6) is 5.88 Å². The van der Waals surface area contributed by atoms with Crippen LogP contribution in [0, 0.1) is 5.92 Å². The van der Waals surface area contributed by atoms with Gasteiger partial charge in [0.25, 0.3) is 0 Å². The van der Waals surface area contributed by atoms with Crippen molar-refractivity contribution in [2.45, 2.75) is 76.5 Å². The summed E-state index contributed by atoms with van der Waals surface area (Å²) >= 11 is 3.37. The van der Waals surface area contributed by atoms with Crippen molar-refractivity contribution in [2.24, 2.45) is 5.92 Å². The zero-order chi connectivity index (χ0) is 20.7. The number of piperidine rings is 2. The van der Waals surface area contributed by atoms with Gasteiger partial charge in [0.1, 0.15) is 6.10 Å². The van der Waals surface area contributed by atoms with Gasteiger partial charge in [0.05, 0.1) is 6.10 Å². The number of pyridine rings is 1. The molecule has 1 saturated carbocycles. The molecule has 0 bridgehead atoms. The van der Waals surface area contributed by atoms with Gasteiger partial charge in [-0.05, 0) is 83.9 Å². The van der Waals surface area contributed by atoms with Gasteiger partial charge in [0, 0.05) is 42.5 Å². The van der Waals surface area contributed by atoms with Gasteiger partial charge in [-0.25, -0.2) is 4.98 Å². The van der Waals surface area contributed by atoms with Crippen molar-refractivity contribution in [2.75, 3.05) is 33.3 Å². The number of nitrogens with one attached hydrogen (secondary N) is 1. The van der Waals surface area contributed by atoms with E-state index >= 15 is 0 Å². The molecular formula is C23H38BrN3O2. The van der Waals surface area contributed by atoms with E-state index in [-0.39, 0.29) is 0 Å². The van der Waals surface area contributed by atoms with Gasteiger partial charge in [-0.2, -0.15) is 0 Å². The fourth-order valence-electron chi connectivity index (χ4n) is 4.56. The summed E-state index contributed by atoms with van der Waals surface area (Å²) in [6.45, 7) is 9.68. The third-order valence-corrected chi connectivity index (χ3v) is 7.46. The van der Waals surface area contributed by atoms with Crippen molar-refractivity contribution >= 4 is 15.9 Å². The highest BCUT2D eigenvalue weighted by Crippen LogP contribution is 2.33. The topological polar surface area (TPSA) is 46.6 Å². The smallest absolute Gasteiger partial charge is 0.214 e. The normalized spacial score (nSPS) is 22.5. The van der Waals surface area contributed by atoms with Crippen molar-refractivity contribution in [3.63, 3.8) is 0 Å². The minimum atomic E-state index is 0.362. The summed E-state index contributed by atoms with van der Waals surface area (Å²) in [5.74, 6) is 1.58. The van der Waals surface area contributed by atoms with Crippen LogP contribution in [0.25, 0.3) is 0 Å². The first kappa shape index (κ1) is 23.0. The van der Waals surface area contributed by atoms with E-state index in [1.807, 2.05) is 19.2 Å². The van der Waals surface area contributed by atoms with E-state index < -0.39 is 0 Å². The fourth-order valence-corrected chi connectivity index (χ4v) is 4.88. The maximum absolute atomic E-state index is 5.59. The molecule has 1 aromatic rings. The summed E-state index contributed by atoms with van der Waals surface area (Å²) in [4.78, 5) is 6.80. The van der Waals surface area contributed by atoms with Crippen molar-refractivity contribution in [1.29, 1.82) is 0 Å². The monoisotopic (exact) mass is 467 g/mol. The summed E-state index contributed by atoms with van der Waals surface area (Å²) in [5, 5.41) is 3.47. The zero-order valence-electron chi connectivity index (χ0n) is 18.3. The first-order valence-corrected chi connectivity index (χ1v) is 12.0. The van der Waals surface area contributed by atoms with E-state index in [9.17, 15) is 0 Å². The van der Waals surface area contributed by atoms with Crippen LogP contribution in [0.3, 0.4) is 0 Å². The molecule has 5 nitrogen and oxygen atoms in total. The molecular weight excluding hydrogens is 430 g/mol. The molecule has 1 N–H and O–H groups in total. The molecule has 0 atom stereocenters. The zero-order valence-corrected chi connectivity index (χ0v) is 19.9. The Morgan fingerprint density at radius 3 is 2.31 bits per heavy atom. The second kappa shape index (κ2) is 11.1. The molecule has 0 aromatic carbocycles. The van der Waals surface area contributed by atoms with Gasteiger partial charge < -0.3 is 14.8 Å². The van der Waals surface area contributed by atoms with Crippen molar-refractivity contribution < 1.29 is 9.47 Å². The summed E-state index contributed by atoms with van der Waals surface area (Å²) < 4.78 is 12.1. The van der Waals surface area contributed by atoms with E-state index in [1.165, 1.54) is 71.1 Å². The van der Waals surface area contributed by atoms with Crippen LogP contribution in [-0.4, -0.2) is 60.9 Å². The number of rotatable bonds is 5. The average Bonchev–Trinajstić information content (AvgIpc) is 2.72. The third-order valence-electron chi connectivity index (χ3n) is 6.97. The number of aromatic nitrogens is 1. The van der Waals surface area contributed by atoms with Gasteiger partial charge >= 0.3 is 0 Å². The highest BCUT2D eigenvalue weighted by Gasteiger charge is 2.37. The SMILES string of the molecule is Brc1ccnc(OC2CCC2)c1.COC1CCN(C(C)(C)C2CCNCC2)CC1. The number of halogens is 1. The summed E-state index contributed by atoms with van der Waals surface area (Å²) in [5.41, 5.74) is 0.362. The predicted octanol–water partition coefficient (Wildman–Crippen LogP) is 4.65. The number of hydrogen-bond donors (Lipinski definition) is 1. The Kier molecular flexibility index (Phi) is 8.78. The molecule has 1 aliphatic carbocycles. The van der Waals surface area contributed by atoms with Crippen LogP contribution in [-0.2, 0) is 4.74 Å². The van der Waals surface area contributed by atoms with Gasteiger partial charge in [0.2, 0.25) is 5.88 Å². The Labute approximate surface area is 185 Å². The molecule has 29 heavy (non-hydrogen) atoms. The highest BCUT2D eigenvalue weighted by molar-refractivity contribution is 9.10. The minimum Gasteiger partial charge on any atom is -0.474 e. The average molecular weight is 468 g/mol. The Morgan fingerprint density at radius 1 is 1.07 bits per heavy atom. The Balaban J connectivity index is 0.000000176. The van der Waals surface area contributed by atoms with E-state index in [0.29, 0.717) is 17.7 Å². The van der Waals surface area contributed by atoms with E-state index in [1.54, 1.807) is 6.20 Å². The molecule has 1 aromatic heterocycles. The number of likely N-dealkylation sites (tertiary alicyclic amines) is 1. The molecule has 4 rings (SSSR count). The first-order valence-electron chi connectivity index (χ1n) is 11.3. The lowest BCUT2D eigenvalue weighted by Gasteiger charge is -2.48. The highest BCUT2D eigenvalue weighted by atomic mass is 79.9. The largest absolute Gasteiger partial charge is 0.474 e. The minimum absolute atomic E-state index is 0.362. The van der Waals surface area contributed by atoms with Crippen LogP contribution in [0.1, 0.15) is 58.8 Å². The Morgan fingerprint density at radius 2 is 1.76 bits per heavy atom. The van der Waals surface area contributed by atoms with Gasteiger partial charge in [-0.3, -0.25) is 4.90 Å². The van der Waals surface area contributed by atoms with E-state index in [2.05, 4.69) is 45.0 Å². The second-order valence-electron chi connectivity index (χ2n) is 9.08. The number of methoxy groups -OCH3 is 1. The van der Waals surface area contributed by atoms with Gasteiger partial charge in [-0.15, -0.1) is 0 Å². The predicted molar refractivity (Wildman–Crippen MR) is 121 cm³/mol. The lowest BCUT2D eigenvalue weighted by molar-refractivity contribution is -0.0192. The Bertz CT molecular complexity index is 610. The molecule has 0 amide bonds. The molecule has 3 fully saturated rings. The molecule has 0 unspecified atom stereocenters. The summed E-state index contributed by atoms with van der Waals surface area (Å²) in [7, 11) is 1.85. The fraction of sp³-hybridized carbons (Fsp3) is 0.783. The van der Waals surface area contributed by atoms with Crippen molar-refractivity contribution in [3.8, 4) is 5.88 Å². The van der Waals surface area contributed by atoms with Gasteiger partial charge in [0.15, 0.2) is 0 Å². The lowest BCUT2D eigenvalue weighted by atomic mass is 9.78. The molecule has 6 heteroatoms. The standard InChI is InChI=1S/C14H28N2O.C9H10BrNO/c1-14(2,12-4-8-15-9-5-12)16-10-6-13(17-3)7-11-16;10-7-4-5-11-9(6-7)12-8-2-1-3-8/h12-13,15H,4-11H2,1-3H3;4-6,8H,1-3H2. The number of hydrogen-bond acceptors (Lipinski definition) is 5. The summed E-state index contributed by atoms with van der Waals surface area (Å²) in [6.07, 6.45) is 11.4. The van der Waals surface area contributed by atoms with Crippen LogP contribution in [0.2, 0.25) is 0 Å². The van der Waals surface area contributed by atoms with Crippen LogP contribution < -0.4 is 10.1 Å². The molecule has 2 saturated heterocycles. The van der Waals surface area contributed by atoms with Crippen molar-refractivity contribution in [3.05, 3.63) is 22.8 Å². The third kappa shape index (κ3) is 6.65. The van der Waals surface area contributed by atoms with E-state index in [0.717, 1.165) is 16.3 Å². The summed E-state index contributed by atoms with van der Waals surface area (Å²) in [6, 6.07) is 3.80. The van der Waals surface area contributed by atoms with Crippen molar-refractivity contribution in [1.82, 2.24) is 15.2 Å². The molecule has 2 aliphatic heterocycles. The Hall–Kier alpha value is -0.690. The quantitative estimate of drug-likeness (QED) is 0.682. The van der Waals surface area contributed by atoms with Crippen LogP contribution >= 0.6 is 15.9 Å². The molecule has 3 heterocycles. The van der Waals surface area contributed by atoms with Crippen LogP contribution in [0.15, 0.2) is 22.8 Å².